The van der Waals surface area contributed by atoms with Gasteiger partial charge < -0.3 is 14.7 Å². The Morgan fingerprint density at radius 3 is 2.86 bits per heavy atom. The Bertz CT molecular complexity index is 297. The first-order valence-corrected chi connectivity index (χ1v) is 5.72. The van der Waals surface area contributed by atoms with Crippen molar-refractivity contribution in [2.75, 3.05) is 30.5 Å². The number of nitrogens with zero attached hydrogens (tertiary/aromatic N) is 3. The average Bonchev–Trinajstić information content (AvgIpc) is 2.50. The summed E-state index contributed by atoms with van der Waals surface area (Å²) in [6, 6.07) is 0.620. The fourth-order valence-corrected chi connectivity index (χ4v) is 1.79. The number of thioether (sulfide) groups is 1. The molecule has 5 nitrogen and oxygen atoms in total. The van der Waals surface area contributed by atoms with Crippen molar-refractivity contribution in [2.45, 2.75) is 12.6 Å². The van der Waals surface area contributed by atoms with Gasteiger partial charge in [0.2, 0.25) is 5.89 Å². The third-order valence-corrected chi connectivity index (χ3v) is 3.31. The molecule has 6 heteroatoms. The molecule has 1 aliphatic heterocycles. The van der Waals surface area contributed by atoms with Gasteiger partial charge in [0.05, 0.1) is 6.54 Å². The number of anilines is 1. The summed E-state index contributed by atoms with van der Waals surface area (Å²) in [5, 5.41) is 7.18. The second kappa shape index (κ2) is 4.18. The fraction of sp³-hybridized carbons (Fsp3) is 0.750. The Kier molecular flexibility index (Phi) is 2.93. The summed E-state index contributed by atoms with van der Waals surface area (Å²) in [6.45, 7) is 0.673. The quantitative estimate of drug-likeness (QED) is 0.780. The monoisotopic (exact) mass is 214 g/mol. The normalized spacial score (nSPS) is 16.7. The molecular formula is C8H14N4OS. The molecule has 0 amide bonds. The molecule has 0 bridgehead atoms. The van der Waals surface area contributed by atoms with Crippen molar-refractivity contribution in [3.63, 3.8) is 0 Å². The van der Waals surface area contributed by atoms with Gasteiger partial charge in [0.1, 0.15) is 0 Å². The molecule has 1 aromatic heterocycles. The first kappa shape index (κ1) is 9.79. The predicted molar refractivity (Wildman–Crippen MR) is 56.6 cm³/mol. The zero-order valence-electron chi connectivity index (χ0n) is 8.36. The van der Waals surface area contributed by atoms with Crippen LogP contribution in [0.15, 0.2) is 4.52 Å². The first-order chi connectivity index (χ1) is 6.75. The van der Waals surface area contributed by atoms with Gasteiger partial charge in [-0.2, -0.15) is 16.7 Å². The zero-order valence-corrected chi connectivity index (χ0v) is 9.17. The molecule has 0 saturated carbocycles. The Morgan fingerprint density at radius 2 is 2.36 bits per heavy atom. The minimum Gasteiger partial charge on any atom is -0.344 e. The van der Waals surface area contributed by atoms with Crippen LogP contribution < -0.4 is 10.2 Å². The summed E-state index contributed by atoms with van der Waals surface area (Å²) in [7, 11) is 3.79. The largest absolute Gasteiger partial charge is 0.344 e. The zero-order chi connectivity index (χ0) is 9.97. The van der Waals surface area contributed by atoms with Crippen LogP contribution >= 0.6 is 11.8 Å². The van der Waals surface area contributed by atoms with Crippen molar-refractivity contribution in [1.29, 1.82) is 0 Å². The maximum Gasteiger partial charge on any atom is 0.265 e. The van der Waals surface area contributed by atoms with E-state index in [-0.39, 0.29) is 0 Å². The van der Waals surface area contributed by atoms with Crippen LogP contribution in [-0.4, -0.2) is 41.8 Å². The summed E-state index contributed by atoms with van der Waals surface area (Å²) in [5.74, 6) is 3.67. The Morgan fingerprint density at radius 1 is 1.57 bits per heavy atom. The molecule has 1 aromatic rings. The maximum atomic E-state index is 5.07. The minimum absolute atomic E-state index is 0.620. The van der Waals surface area contributed by atoms with E-state index in [9.17, 15) is 0 Å². The summed E-state index contributed by atoms with van der Waals surface area (Å²) < 4.78 is 5.07. The molecule has 1 fully saturated rings. The molecule has 0 atom stereocenters. The van der Waals surface area contributed by atoms with Crippen LogP contribution in [0.4, 0.5) is 5.95 Å². The molecule has 0 spiro atoms. The second-order valence-corrected chi connectivity index (χ2v) is 4.57. The van der Waals surface area contributed by atoms with E-state index in [1.807, 2.05) is 30.8 Å². The lowest BCUT2D eigenvalue weighted by molar-refractivity contribution is 0.361. The smallest absolute Gasteiger partial charge is 0.265 e. The molecule has 2 rings (SSSR count). The molecule has 0 aliphatic carbocycles. The number of hydrogen-bond acceptors (Lipinski definition) is 6. The standard InChI is InChI=1S/C8H14N4OS/c1-12(2)8-10-7(13-11-8)3-9-6-4-14-5-6/h6,9H,3-5H2,1-2H3. The van der Waals surface area contributed by atoms with Gasteiger partial charge in [-0.15, -0.1) is 0 Å². The van der Waals surface area contributed by atoms with Crippen molar-refractivity contribution in [3.8, 4) is 0 Å². The molecule has 0 unspecified atom stereocenters. The lowest BCUT2D eigenvalue weighted by Gasteiger charge is -2.25. The number of rotatable bonds is 4. The predicted octanol–water partition coefficient (Wildman–Crippen LogP) is 0.341. The van der Waals surface area contributed by atoms with Crippen LogP contribution in [0, 0.1) is 0 Å². The molecule has 1 N–H and O–H groups in total. The average molecular weight is 214 g/mol. The van der Waals surface area contributed by atoms with Gasteiger partial charge in [0.25, 0.3) is 5.95 Å². The molecule has 2 heterocycles. The Balaban J connectivity index is 1.83. The van der Waals surface area contributed by atoms with Crippen molar-refractivity contribution >= 4 is 17.7 Å². The van der Waals surface area contributed by atoms with Crippen molar-refractivity contribution < 1.29 is 4.52 Å². The van der Waals surface area contributed by atoms with E-state index >= 15 is 0 Å². The molecule has 78 valence electrons. The van der Waals surface area contributed by atoms with Gasteiger partial charge in [-0.25, -0.2) is 0 Å². The van der Waals surface area contributed by atoms with Crippen molar-refractivity contribution in [2.24, 2.45) is 0 Å². The van der Waals surface area contributed by atoms with Crippen LogP contribution in [0.25, 0.3) is 0 Å². The number of aromatic nitrogens is 2. The van der Waals surface area contributed by atoms with E-state index in [4.69, 9.17) is 4.52 Å². The lowest BCUT2D eigenvalue weighted by Crippen LogP contribution is -2.39. The highest BCUT2D eigenvalue weighted by Gasteiger charge is 2.18. The third-order valence-electron chi connectivity index (χ3n) is 2.04. The van der Waals surface area contributed by atoms with Gasteiger partial charge in [-0.05, 0) is 5.16 Å². The fourth-order valence-electron chi connectivity index (χ4n) is 1.08. The van der Waals surface area contributed by atoms with Crippen LogP contribution in [0.5, 0.6) is 0 Å². The molecule has 0 radical (unpaired) electrons. The summed E-state index contributed by atoms with van der Waals surface area (Å²) in [5.41, 5.74) is 0. The molecule has 1 saturated heterocycles. The third kappa shape index (κ3) is 2.19. The maximum absolute atomic E-state index is 5.07. The van der Waals surface area contributed by atoms with Gasteiger partial charge in [-0.1, -0.05) is 0 Å². The topological polar surface area (TPSA) is 54.2 Å². The van der Waals surface area contributed by atoms with Gasteiger partial charge >= 0.3 is 0 Å². The number of hydrogen-bond donors (Lipinski definition) is 1. The summed E-state index contributed by atoms with van der Waals surface area (Å²) >= 11 is 1.95. The highest BCUT2D eigenvalue weighted by atomic mass is 32.2. The summed E-state index contributed by atoms with van der Waals surface area (Å²) in [4.78, 5) is 6.04. The van der Waals surface area contributed by atoms with Crippen LogP contribution in [0.2, 0.25) is 0 Å². The van der Waals surface area contributed by atoms with E-state index < -0.39 is 0 Å². The van der Waals surface area contributed by atoms with E-state index in [0.29, 0.717) is 24.4 Å². The number of nitrogens with one attached hydrogen (secondary N) is 1. The van der Waals surface area contributed by atoms with E-state index in [1.165, 1.54) is 11.5 Å². The molecule has 14 heavy (non-hydrogen) atoms. The second-order valence-electron chi connectivity index (χ2n) is 3.50. The Hall–Kier alpha value is -0.750. The van der Waals surface area contributed by atoms with E-state index in [1.54, 1.807) is 0 Å². The molecule has 0 aromatic carbocycles. The van der Waals surface area contributed by atoms with Crippen LogP contribution in [-0.2, 0) is 6.54 Å². The van der Waals surface area contributed by atoms with E-state index in [0.717, 1.165) is 0 Å². The van der Waals surface area contributed by atoms with Crippen LogP contribution in [0.1, 0.15) is 5.89 Å². The lowest BCUT2D eigenvalue weighted by atomic mass is 10.3. The molecular weight excluding hydrogens is 200 g/mol. The first-order valence-electron chi connectivity index (χ1n) is 4.57. The van der Waals surface area contributed by atoms with Crippen molar-refractivity contribution in [1.82, 2.24) is 15.5 Å². The minimum atomic E-state index is 0.620. The summed E-state index contributed by atoms with van der Waals surface area (Å²) in [6.07, 6.45) is 0. The van der Waals surface area contributed by atoms with Gasteiger partial charge in [0, 0.05) is 31.6 Å². The Labute approximate surface area is 87.2 Å². The molecule has 1 aliphatic rings. The van der Waals surface area contributed by atoms with Crippen molar-refractivity contribution in [3.05, 3.63) is 5.89 Å². The SMILES string of the molecule is CN(C)c1noc(CNC2CSC2)n1. The van der Waals surface area contributed by atoms with Gasteiger partial charge in [0.15, 0.2) is 0 Å². The highest BCUT2D eigenvalue weighted by Crippen LogP contribution is 2.17. The van der Waals surface area contributed by atoms with Crippen LogP contribution in [0.3, 0.4) is 0 Å². The van der Waals surface area contributed by atoms with Gasteiger partial charge in [-0.3, -0.25) is 0 Å². The van der Waals surface area contributed by atoms with E-state index in [2.05, 4.69) is 15.5 Å². The highest BCUT2D eigenvalue weighted by molar-refractivity contribution is 8.00.